The molecule has 0 spiro atoms. The number of halogens is 2. The lowest BCUT2D eigenvalue weighted by atomic mass is 10.1. The van der Waals surface area contributed by atoms with Crippen molar-refractivity contribution in [3.05, 3.63) is 62.5 Å². The number of fused-ring (bicyclic) bond motifs is 1. The Balaban J connectivity index is 1.79. The van der Waals surface area contributed by atoms with Crippen LogP contribution in [0.4, 0.5) is 10.1 Å². The third-order valence-corrected chi connectivity index (χ3v) is 4.81. The fourth-order valence-corrected chi connectivity index (χ4v) is 3.64. The Morgan fingerprint density at radius 3 is 2.79 bits per heavy atom. The molecule has 0 unspecified atom stereocenters. The maximum Gasteiger partial charge on any atom is 0.308 e. The van der Waals surface area contributed by atoms with Crippen molar-refractivity contribution >= 4 is 44.7 Å². The van der Waals surface area contributed by atoms with Crippen molar-refractivity contribution in [1.29, 1.82) is 0 Å². The lowest BCUT2D eigenvalue weighted by Crippen LogP contribution is -2.15. The van der Waals surface area contributed by atoms with Gasteiger partial charge < -0.3 is 5.32 Å². The number of amides is 1. The Labute approximate surface area is 146 Å². The van der Waals surface area contributed by atoms with Crippen molar-refractivity contribution in [3.63, 3.8) is 0 Å². The van der Waals surface area contributed by atoms with Crippen LogP contribution in [0, 0.1) is 5.82 Å². The fraction of sp³-hybridized carbons (Fsp3) is 0.176. The summed E-state index contributed by atoms with van der Waals surface area (Å²) in [5.41, 5.74) is 1.69. The number of rotatable bonds is 4. The summed E-state index contributed by atoms with van der Waals surface area (Å²) in [5, 5.41) is 3.02. The molecule has 0 saturated carbocycles. The molecule has 1 aromatic heterocycles. The van der Waals surface area contributed by atoms with Crippen molar-refractivity contribution in [2.45, 2.75) is 19.9 Å². The number of hydrogen-bond acceptors (Lipinski definition) is 3. The van der Waals surface area contributed by atoms with Gasteiger partial charge in [-0.1, -0.05) is 29.0 Å². The number of anilines is 1. The lowest BCUT2D eigenvalue weighted by molar-refractivity contribution is -0.115. The molecule has 3 aromatic rings. The van der Waals surface area contributed by atoms with Gasteiger partial charge in [-0.3, -0.25) is 14.2 Å². The van der Waals surface area contributed by atoms with Crippen LogP contribution in [0.2, 0.25) is 5.02 Å². The van der Waals surface area contributed by atoms with Crippen LogP contribution >= 0.6 is 22.9 Å². The van der Waals surface area contributed by atoms with E-state index in [2.05, 4.69) is 5.32 Å². The largest absolute Gasteiger partial charge is 0.326 e. The number of benzene rings is 2. The first-order valence-electron chi connectivity index (χ1n) is 7.35. The van der Waals surface area contributed by atoms with Crippen LogP contribution in [0.15, 0.2) is 41.2 Å². The number of carbonyl (C=O) groups excluding carboxylic acids is 1. The van der Waals surface area contributed by atoms with Crippen LogP contribution < -0.4 is 10.2 Å². The van der Waals surface area contributed by atoms with Gasteiger partial charge in [0.15, 0.2) is 0 Å². The van der Waals surface area contributed by atoms with Crippen molar-refractivity contribution in [2.75, 3.05) is 5.32 Å². The quantitative estimate of drug-likeness (QED) is 0.759. The normalized spacial score (nSPS) is 11.0. The summed E-state index contributed by atoms with van der Waals surface area (Å²) in [4.78, 5) is 23.9. The van der Waals surface area contributed by atoms with E-state index in [-0.39, 0.29) is 27.8 Å². The van der Waals surface area contributed by atoms with Crippen LogP contribution in [0.5, 0.6) is 0 Å². The number of nitrogens with one attached hydrogen (secondary N) is 1. The third kappa shape index (κ3) is 3.34. The molecule has 1 N–H and O–H groups in total. The Hall–Kier alpha value is -2.18. The van der Waals surface area contributed by atoms with Crippen molar-refractivity contribution in [1.82, 2.24) is 4.57 Å². The van der Waals surface area contributed by atoms with E-state index in [9.17, 15) is 14.0 Å². The van der Waals surface area contributed by atoms with Gasteiger partial charge in [0.05, 0.1) is 16.6 Å². The van der Waals surface area contributed by atoms with E-state index in [1.54, 1.807) is 28.8 Å². The molecule has 0 fully saturated rings. The highest BCUT2D eigenvalue weighted by atomic mass is 35.5. The zero-order valence-corrected chi connectivity index (χ0v) is 14.4. The molecule has 0 aliphatic carbocycles. The topological polar surface area (TPSA) is 51.1 Å². The molecule has 0 bridgehead atoms. The minimum atomic E-state index is -0.508. The van der Waals surface area contributed by atoms with Crippen LogP contribution in [0.3, 0.4) is 0 Å². The molecule has 0 aliphatic rings. The van der Waals surface area contributed by atoms with E-state index in [0.29, 0.717) is 12.2 Å². The minimum absolute atomic E-state index is 0.0285. The highest BCUT2D eigenvalue weighted by Crippen LogP contribution is 2.22. The number of carbonyl (C=O) groups is 1. The van der Waals surface area contributed by atoms with E-state index in [0.717, 1.165) is 21.6 Å². The number of aryl methyl sites for hydroxylation is 1. The van der Waals surface area contributed by atoms with Gasteiger partial charge in [0, 0.05) is 17.3 Å². The second-order valence-electron chi connectivity index (χ2n) is 5.26. The molecular weight excluding hydrogens is 351 g/mol. The average Bonchev–Trinajstić information content (AvgIpc) is 2.84. The maximum absolute atomic E-state index is 13.7. The summed E-state index contributed by atoms with van der Waals surface area (Å²) in [7, 11) is 0. The number of thiazole rings is 1. The lowest BCUT2D eigenvalue weighted by Gasteiger charge is -2.07. The first-order chi connectivity index (χ1) is 11.5. The average molecular weight is 365 g/mol. The maximum atomic E-state index is 13.7. The van der Waals surface area contributed by atoms with Gasteiger partial charge >= 0.3 is 4.87 Å². The summed E-state index contributed by atoms with van der Waals surface area (Å²) in [6.07, 6.45) is -0.0900. The molecule has 24 heavy (non-hydrogen) atoms. The van der Waals surface area contributed by atoms with E-state index in [1.807, 2.05) is 6.92 Å². The zero-order valence-electron chi connectivity index (χ0n) is 12.8. The summed E-state index contributed by atoms with van der Waals surface area (Å²) in [6, 6.07) is 9.51. The Bertz CT molecular complexity index is 980. The molecule has 0 atom stereocenters. The summed E-state index contributed by atoms with van der Waals surface area (Å²) < 4.78 is 16.2. The molecule has 0 radical (unpaired) electrons. The highest BCUT2D eigenvalue weighted by molar-refractivity contribution is 7.16. The molecule has 2 aromatic carbocycles. The van der Waals surface area contributed by atoms with E-state index >= 15 is 0 Å². The van der Waals surface area contributed by atoms with Gasteiger partial charge in [0.2, 0.25) is 5.91 Å². The van der Waals surface area contributed by atoms with Gasteiger partial charge in [-0.2, -0.15) is 0 Å². The zero-order chi connectivity index (χ0) is 17.3. The first-order valence-corrected chi connectivity index (χ1v) is 8.54. The molecule has 1 heterocycles. The molecule has 4 nitrogen and oxygen atoms in total. The van der Waals surface area contributed by atoms with Gasteiger partial charge in [0.1, 0.15) is 5.82 Å². The van der Waals surface area contributed by atoms with Crippen molar-refractivity contribution < 1.29 is 9.18 Å². The molecule has 0 aliphatic heterocycles. The van der Waals surface area contributed by atoms with Crippen molar-refractivity contribution in [2.24, 2.45) is 0 Å². The van der Waals surface area contributed by atoms with Gasteiger partial charge in [-0.05, 0) is 42.8 Å². The number of nitrogens with zero attached hydrogens (tertiary/aromatic N) is 1. The van der Waals surface area contributed by atoms with Crippen LogP contribution in [-0.4, -0.2) is 10.5 Å². The summed E-state index contributed by atoms with van der Waals surface area (Å²) in [5.74, 6) is -0.843. The molecule has 3 rings (SSSR count). The van der Waals surface area contributed by atoms with Gasteiger partial charge in [0.25, 0.3) is 0 Å². The van der Waals surface area contributed by atoms with E-state index in [1.165, 1.54) is 12.1 Å². The Kier molecular flexibility index (Phi) is 4.69. The fourth-order valence-electron chi connectivity index (χ4n) is 2.49. The minimum Gasteiger partial charge on any atom is -0.326 e. The van der Waals surface area contributed by atoms with Gasteiger partial charge in [-0.15, -0.1) is 0 Å². The van der Waals surface area contributed by atoms with E-state index in [4.69, 9.17) is 11.6 Å². The molecule has 124 valence electrons. The predicted molar refractivity (Wildman–Crippen MR) is 95.5 cm³/mol. The first kappa shape index (κ1) is 16.7. The molecule has 0 saturated heterocycles. The van der Waals surface area contributed by atoms with Crippen LogP contribution in [-0.2, 0) is 17.8 Å². The third-order valence-electron chi connectivity index (χ3n) is 3.63. The van der Waals surface area contributed by atoms with Crippen molar-refractivity contribution in [3.8, 4) is 0 Å². The standard InChI is InChI=1S/C17H14ClFN2O2S/c1-2-21-14-6-5-12(9-15(14)24-17(21)23)20-16(22)7-10-3-4-11(18)8-13(10)19/h3-6,8-9H,2,7H2,1H3,(H,20,22). The van der Waals surface area contributed by atoms with Crippen LogP contribution in [0.25, 0.3) is 10.2 Å². The summed E-state index contributed by atoms with van der Waals surface area (Å²) >= 11 is 6.83. The molecular formula is C17H14ClFN2O2S. The smallest absolute Gasteiger partial charge is 0.308 e. The number of hydrogen-bond donors (Lipinski definition) is 1. The summed E-state index contributed by atoms with van der Waals surface area (Å²) in [6.45, 7) is 2.50. The number of aromatic nitrogens is 1. The second kappa shape index (κ2) is 6.75. The van der Waals surface area contributed by atoms with E-state index < -0.39 is 5.82 Å². The van der Waals surface area contributed by atoms with Crippen LogP contribution in [0.1, 0.15) is 12.5 Å². The SMILES string of the molecule is CCn1c(=O)sc2cc(NC(=O)Cc3ccc(Cl)cc3F)ccc21. The monoisotopic (exact) mass is 364 g/mol. The molecule has 1 amide bonds. The molecule has 7 heteroatoms. The highest BCUT2D eigenvalue weighted by Gasteiger charge is 2.11. The second-order valence-corrected chi connectivity index (χ2v) is 6.69. The Morgan fingerprint density at radius 1 is 1.29 bits per heavy atom. The Morgan fingerprint density at radius 2 is 2.08 bits per heavy atom. The van der Waals surface area contributed by atoms with Gasteiger partial charge in [-0.25, -0.2) is 4.39 Å². The predicted octanol–water partition coefficient (Wildman–Crippen LogP) is 4.06.